The number of anilines is 1. The molecule has 0 saturated carbocycles. The summed E-state index contributed by atoms with van der Waals surface area (Å²) in [7, 11) is 1.63. The average Bonchev–Trinajstić information content (AvgIpc) is 3.30. The van der Waals surface area contributed by atoms with E-state index in [2.05, 4.69) is 5.32 Å². The van der Waals surface area contributed by atoms with Gasteiger partial charge in [-0.2, -0.15) is 0 Å². The molecule has 0 spiro atoms. The van der Waals surface area contributed by atoms with Crippen molar-refractivity contribution in [3.63, 3.8) is 0 Å². The minimum atomic E-state index is -0.396. The Morgan fingerprint density at radius 3 is 2.47 bits per heavy atom. The van der Waals surface area contributed by atoms with Gasteiger partial charge in [0.1, 0.15) is 23.0 Å². The number of benzene rings is 3. The highest BCUT2D eigenvalue weighted by Crippen LogP contribution is 2.30. The monoisotopic (exact) mass is 509 g/mol. The van der Waals surface area contributed by atoms with Crippen LogP contribution in [0.5, 0.6) is 11.5 Å². The number of halogens is 1. The first kappa shape index (κ1) is 25.0. The third-order valence-electron chi connectivity index (χ3n) is 6.26. The molecular formula is C31H28FN3O3. The van der Waals surface area contributed by atoms with Gasteiger partial charge in [-0.3, -0.25) is 4.79 Å². The zero-order valence-corrected chi connectivity index (χ0v) is 21.3. The molecule has 7 heteroatoms. The first-order chi connectivity index (χ1) is 18.5. The number of imidazole rings is 1. The second-order valence-electron chi connectivity index (χ2n) is 8.80. The Morgan fingerprint density at radius 1 is 0.921 bits per heavy atom. The van der Waals surface area contributed by atoms with Crippen molar-refractivity contribution in [2.75, 3.05) is 19.0 Å². The van der Waals surface area contributed by atoms with E-state index in [9.17, 15) is 9.18 Å². The standard InChI is InChI=1S/C31H28FN3O3/c1-3-38-27-9-4-6-22(18-27)23-12-16-29-34-31(21-10-13-26(37-2)14-11-21)28(35(29)20-23)15-17-30(36)33-25-8-5-7-24(32)19-25/h4-14,16,18-20H,3,15,17H2,1-2H3,(H,33,36). The van der Waals surface area contributed by atoms with Crippen LogP contribution in [0.1, 0.15) is 19.0 Å². The molecule has 1 amide bonds. The van der Waals surface area contributed by atoms with Crippen molar-refractivity contribution in [3.8, 4) is 33.9 Å². The van der Waals surface area contributed by atoms with Gasteiger partial charge in [0.2, 0.25) is 5.91 Å². The van der Waals surface area contributed by atoms with Crippen LogP contribution < -0.4 is 14.8 Å². The number of carbonyl (C=O) groups is 1. The Bertz CT molecular complexity index is 1580. The Balaban J connectivity index is 1.51. The molecule has 0 aliphatic heterocycles. The zero-order valence-electron chi connectivity index (χ0n) is 21.3. The largest absolute Gasteiger partial charge is 0.497 e. The molecule has 0 atom stereocenters. The van der Waals surface area contributed by atoms with Crippen LogP contribution in [-0.4, -0.2) is 29.0 Å². The van der Waals surface area contributed by atoms with E-state index in [1.807, 2.05) is 78.2 Å². The van der Waals surface area contributed by atoms with E-state index in [1.165, 1.54) is 12.1 Å². The molecule has 0 saturated heterocycles. The minimum absolute atomic E-state index is 0.202. The minimum Gasteiger partial charge on any atom is -0.497 e. The van der Waals surface area contributed by atoms with Crippen LogP contribution in [0.2, 0.25) is 0 Å². The summed E-state index contributed by atoms with van der Waals surface area (Å²) >= 11 is 0. The lowest BCUT2D eigenvalue weighted by Gasteiger charge is -2.10. The molecule has 192 valence electrons. The van der Waals surface area contributed by atoms with Crippen molar-refractivity contribution in [1.29, 1.82) is 0 Å². The van der Waals surface area contributed by atoms with E-state index in [0.29, 0.717) is 18.7 Å². The number of hydrogen-bond acceptors (Lipinski definition) is 4. The lowest BCUT2D eigenvalue weighted by atomic mass is 10.1. The summed E-state index contributed by atoms with van der Waals surface area (Å²) in [6.45, 7) is 2.55. The Morgan fingerprint density at radius 2 is 1.71 bits per heavy atom. The lowest BCUT2D eigenvalue weighted by Crippen LogP contribution is -2.13. The van der Waals surface area contributed by atoms with Gasteiger partial charge in [-0.25, -0.2) is 9.37 Å². The molecule has 0 radical (unpaired) electrons. The van der Waals surface area contributed by atoms with E-state index < -0.39 is 5.82 Å². The summed E-state index contributed by atoms with van der Waals surface area (Å²) < 4.78 is 26.6. The molecule has 5 aromatic rings. The lowest BCUT2D eigenvalue weighted by molar-refractivity contribution is -0.116. The number of pyridine rings is 1. The zero-order chi connectivity index (χ0) is 26.5. The molecule has 2 aromatic heterocycles. The number of methoxy groups -OCH3 is 1. The molecule has 0 fully saturated rings. The summed E-state index contributed by atoms with van der Waals surface area (Å²) in [6, 6.07) is 25.6. The maximum absolute atomic E-state index is 13.6. The van der Waals surface area contributed by atoms with Crippen molar-refractivity contribution in [3.05, 3.63) is 103 Å². The average molecular weight is 510 g/mol. The fourth-order valence-electron chi connectivity index (χ4n) is 4.44. The maximum atomic E-state index is 13.6. The van der Waals surface area contributed by atoms with Gasteiger partial charge >= 0.3 is 0 Å². The molecule has 6 nitrogen and oxygen atoms in total. The van der Waals surface area contributed by atoms with E-state index in [1.54, 1.807) is 19.2 Å². The number of fused-ring (bicyclic) bond motifs is 1. The molecule has 2 heterocycles. The summed E-state index contributed by atoms with van der Waals surface area (Å²) in [5.41, 5.74) is 5.86. The summed E-state index contributed by atoms with van der Waals surface area (Å²) in [6.07, 6.45) is 2.68. The van der Waals surface area contributed by atoms with Crippen molar-refractivity contribution in [1.82, 2.24) is 9.38 Å². The van der Waals surface area contributed by atoms with Crippen LogP contribution in [0, 0.1) is 5.82 Å². The van der Waals surface area contributed by atoms with E-state index >= 15 is 0 Å². The second kappa shape index (κ2) is 11.2. The van der Waals surface area contributed by atoms with Gasteiger partial charge in [0, 0.05) is 23.9 Å². The van der Waals surface area contributed by atoms with Crippen LogP contribution in [0.15, 0.2) is 91.1 Å². The van der Waals surface area contributed by atoms with Crippen molar-refractivity contribution in [2.45, 2.75) is 19.8 Å². The molecule has 0 unspecified atom stereocenters. The predicted octanol–water partition coefficient (Wildman–Crippen LogP) is 6.79. The molecular weight excluding hydrogens is 481 g/mol. The number of amides is 1. The van der Waals surface area contributed by atoms with E-state index in [4.69, 9.17) is 14.5 Å². The van der Waals surface area contributed by atoms with Crippen molar-refractivity contribution >= 4 is 17.2 Å². The van der Waals surface area contributed by atoms with Gasteiger partial charge < -0.3 is 19.2 Å². The SMILES string of the molecule is CCOc1cccc(-c2ccc3nc(-c4ccc(OC)cc4)c(CCC(=O)Nc4cccc(F)c4)n3c2)c1. The summed E-state index contributed by atoms with van der Waals surface area (Å²) in [5.74, 6) is 0.966. The first-order valence-corrected chi connectivity index (χ1v) is 12.5. The molecule has 0 aliphatic rings. The van der Waals surface area contributed by atoms with Gasteiger partial charge in [0.05, 0.1) is 25.1 Å². The van der Waals surface area contributed by atoms with Gasteiger partial charge in [-0.15, -0.1) is 0 Å². The van der Waals surface area contributed by atoms with Crippen LogP contribution in [-0.2, 0) is 11.2 Å². The molecule has 1 N–H and O–H groups in total. The van der Waals surface area contributed by atoms with Crippen molar-refractivity contribution in [2.24, 2.45) is 0 Å². The quantitative estimate of drug-likeness (QED) is 0.238. The Labute approximate surface area is 220 Å². The highest BCUT2D eigenvalue weighted by atomic mass is 19.1. The number of rotatable bonds is 9. The predicted molar refractivity (Wildman–Crippen MR) is 147 cm³/mol. The third-order valence-corrected chi connectivity index (χ3v) is 6.26. The third kappa shape index (κ3) is 5.52. The van der Waals surface area contributed by atoms with Gasteiger partial charge in [-0.05, 0) is 91.2 Å². The molecule has 5 rings (SSSR count). The number of nitrogens with zero attached hydrogens (tertiary/aromatic N) is 2. The number of nitrogens with one attached hydrogen (secondary N) is 1. The van der Waals surface area contributed by atoms with Crippen LogP contribution >= 0.6 is 0 Å². The maximum Gasteiger partial charge on any atom is 0.224 e. The second-order valence-corrected chi connectivity index (χ2v) is 8.80. The number of hydrogen-bond donors (Lipinski definition) is 1. The molecule has 0 bridgehead atoms. The number of carbonyl (C=O) groups excluding carboxylic acids is 1. The number of ether oxygens (including phenoxy) is 2. The van der Waals surface area contributed by atoms with Gasteiger partial charge in [0.15, 0.2) is 0 Å². The highest BCUT2D eigenvalue weighted by molar-refractivity contribution is 5.91. The van der Waals surface area contributed by atoms with Crippen molar-refractivity contribution < 1.29 is 18.7 Å². The number of aryl methyl sites for hydroxylation is 1. The van der Waals surface area contributed by atoms with Crippen LogP contribution in [0.25, 0.3) is 28.0 Å². The molecule has 3 aromatic carbocycles. The van der Waals surface area contributed by atoms with Gasteiger partial charge in [0.25, 0.3) is 0 Å². The smallest absolute Gasteiger partial charge is 0.224 e. The summed E-state index contributed by atoms with van der Waals surface area (Å²) in [4.78, 5) is 17.7. The van der Waals surface area contributed by atoms with E-state index in [0.717, 1.165) is 45.2 Å². The topological polar surface area (TPSA) is 64.9 Å². The van der Waals surface area contributed by atoms with E-state index in [-0.39, 0.29) is 12.3 Å². The fourth-order valence-corrected chi connectivity index (χ4v) is 4.44. The van der Waals surface area contributed by atoms with Gasteiger partial charge in [-0.1, -0.05) is 18.2 Å². The molecule has 0 aliphatic carbocycles. The first-order valence-electron chi connectivity index (χ1n) is 12.5. The fraction of sp³-hybridized carbons (Fsp3) is 0.161. The van der Waals surface area contributed by atoms with Crippen LogP contribution in [0.4, 0.5) is 10.1 Å². The Kier molecular flexibility index (Phi) is 7.35. The molecule has 38 heavy (non-hydrogen) atoms. The highest BCUT2D eigenvalue weighted by Gasteiger charge is 2.17. The Hall–Kier alpha value is -4.65. The number of aromatic nitrogens is 2. The summed E-state index contributed by atoms with van der Waals surface area (Å²) in [5, 5.41) is 2.78. The van der Waals surface area contributed by atoms with Crippen LogP contribution in [0.3, 0.4) is 0 Å². The normalized spacial score (nSPS) is 10.9.